The first-order valence-electron chi connectivity index (χ1n) is 11.4. The molecular weight excluding hydrogens is 438 g/mol. The molecule has 0 bridgehead atoms. The number of anilines is 1. The zero-order valence-electron chi connectivity index (χ0n) is 20.2. The van der Waals surface area contributed by atoms with E-state index in [0.717, 1.165) is 22.2 Å². The first kappa shape index (κ1) is 22.4. The quantitative estimate of drug-likeness (QED) is 0.368. The van der Waals surface area contributed by atoms with Crippen LogP contribution in [0.25, 0.3) is 22.6 Å². The van der Waals surface area contributed by atoms with Gasteiger partial charge in [-0.3, -0.25) is 9.36 Å². The van der Waals surface area contributed by atoms with E-state index >= 15 is 0 Å². The summed E-state index contributed by atoms with van der Waals surface area (Å²) in [6, 6.07) is 28.1. The van der Waals surface area contributed by atoms with Crippen molar-refractivity contribution in [1.29, 1.82) is 0 Å². The first-order chi connectivity index (χ1) is 17.0. The molecule has 0 N–H and O–H groups in total. The van der Waals surface area contributed by atoms with Crippen molar-refractivity contribution in [3.8, 4) is 17.3 Å². The Morgan fingerprint density at radius 1 is 0.800 bits per heavy atom. The van der Waals surface area contributed by atoms with E-state index < -0.39 is 0 Å². The monoisotopic (exact) mass is 465 g/mol. The summed E-state index contributed by atoms with van der Waals surface area (Å²) in [5.74, 6) is 1.25. The second kappa shape index (κ2) is 9.10. The van der Waals surface area contributed by atoms with Gasteiger partial charge in [-0.05, 0) is 23.3 Å². The standard InChI is InChI=1S/C28H27N5O2/c1-31-22-18-12-11-17-21(22)29-26(31)23-25(35-4)27(34)33(3)28(30-23)32(2)24(19-13-7-5-8-14-19)20-15-9-6-10-16-20/h5-18,24H,1-4H3. The molecule has 2 heterocycles. The number of rotatable bonds is 6. The molecule has 0 fully saturated rings. The molecule has 0 aliphatic rings. The summed E-state index contributed by atoms with van der Waals surface area (Å²) >= 11 is 0. The maximum absolute atomic E-state index is 13.5. The molecule has 7 nitrogen and oxygen atoms in total. The molecule has 5 aromatic rings. The molecular formula is C28H27N5O2. The number of nitrogens with zero attached hydrogens (tertiary/aromatic N) is 5. The Hall–Kier alpha value is -4.39. The second-order valence-corrected chi connectivity index (χ2v) is 8.48. The lowest BCUT2D eigenvalue weighted by molar-refractivity contribution is 0.403. The van der Waals surface area contributed by atoms with Gasteiger partial charge in [0.2, 0.25) is 11.7 Å². The number of hydrogen-bond acceptors (Lipinski definition) is 5. The van der Waals surface area contributed by atoms with E-state index in [0.29, 0.717) is 17.5 Å². The van der Waals surface area contributed by atoms with Crippen molar-refractivity contribution in [2.24, 2.45) is 14.1 Å². The minimum atomic E-state index is -0.272. The van der Waals surface area contributed by atoms with Gasteiger partial charge in [0, 0.05) is 21.1 Å². The molecule has 0 radical (unpaired) electrons. The SMILES string of the molecule is COc1c(-c2nc3ccccc3n2C)nc(N(C)C(c2ccccc2)c2ccccc2)n(C)c1=O. The van der Waals surface area contributed by atoms with Gasteiger partial charge in [0.25, 0.3) is 5.56 Å². The van der Waals surface area contributed by atoms with E-state index in [1.54, 1.807) is 7.05 Å². The smallest absolute Gasteiger partial charge is 0.297 e. The van der Waals surface area contributed by atoms with E-state index in [-0.39, 0.29) is 17.4 Å². The zero-order valence-corrected chi connectivity index (χ0v) is 20.2. The fourth-order valence-electron chi connectivity index (χ4n) is 4.60. The topological polar surface area (TPSA) is 65.2 Å². The minimum absolute atomic E-state index is 0.155. The average Bonchev–Trinajstić information content (AvgIpc) is 3.23. The highest BCUT2D eigenvalue weighted by Crippen LogP contribution is 2.33. The second-order valence-electron chi connectivity index (χ2n) is 8.48. The van der Waals surface area contributed by atoms with E-state index in [9.17, 15) is 4.79 Å². The van der Waals surface area contributed by atoms with Crippen LogP contribution < -0.4 is 15.2 Å². The number of hydrogen-bond donors (Lipinski definition) is 0. The number of para-hydroxylation sites is 2. The predicted molar refractivity (Wildman–Crippen MR) is 139 cm³/mol. The minimum Gasteiger partial charge on any atom is -0.489 e. The van der Waals surface area contributed by atoms with E-state index in [1.165, 1.54) is 11.7 Å². The Balaban J connectivity index is 1.73. The van der Waals surface area contributed by atoms with Crippen LogP contribution in [0.3, 0.4) is 0 Å². The van der Waals surface area contributed by atoms with Gasteiger partial charge in [-0.25, -0.2) is 9.97 Å². The summed E-state index contributed by atoms with van der Waals surface area (Å²) in [6.07, 6.45) is 0. The van der Waals surface area contributed by atoms with Crippen LogP contribution in [0.4, 0.5) is 5.95 Å². The normalized spacial score (nSPS) is 11.2. The molecule has 176 valence electrons. The number of fused-ring (bicyclic) bond motifs is 1. The van der Waals surface area contributed by atoms with Gasteiger partial charge in [-0.1, -0.05) is 72.8 Å². The van der Waals surface area contributed by atoms with Crippen molar-refractivity contribution in [3.05, 3.63) is 106 Å². The van der Waals surface area contributed by atoms with Crippen molar-refractivity contribution in [3.63, 3.8) is 0 Å². The molecule has 0 unspecified atom stereocenters. The molecule has 2 aromatic heterocycles. The van der Waals surface area contributed by atoms with Crippen LogP contribution in [0, 0.1) is 0 Å². The van der Waals surface area contributed by atoms with Gasteiger partial charge in [-0.15, -0.1) is 0 Å². The molecule has 7 heteroatoms. The molecule has 0 aliphatic carbocycles. The predicted octanol–water partition coefficient (Wildman–Crippen LogP) is 4.57. The van der Waals surface area contributed by atoms with Crippen molar-refractivity contribution < 1.29 is 4.74 Å². The summed E-state index contributed by atoms with van der Waals surface area (Å²) in [5.41, 5.74) is 4.11. The van der Waals surface area contributed by atoms with Crippen LogP contribution in [0.5, 0.6) is 5.75 Å². The van der Waals surface area contributed by atoms with Crippen LogP contribution >= 0.6 is 0 Å². The lowest BCUT2D eigenvalue weighted by atomic mass is 9.97. The molecule has 0 amide bonds. The van der Waals surface area contributed by atoms with Crippen LogP contribution in [-0.4, -0.2) is 33.3 Å². The van der Waals surface area contributed by atoms with Crippen LogP contribution in [0.2, 0.25) is 0 Å². The Kier molecular flexibility index (Phi) is 5.82. The Morgan fingerprint density at radius 2 is 1.37 bits per heavy atom. The number of benzene rings is 3. The maximum Gasteiger partial charge on any atom is 0.297 e. The highest BCUT2D eigenvalue weighted by molar-refractivity contribution is 5.81. The number of ether oxygens (including phenoxy) is 1. The van der Waals surface area contributed by atoms with Crippen molar-refractivity contribution in [2.45, 2.75) is 6.04 Å². The molecule has 3 aromatic carbocycles. The first-order valence-corrected chi connectivity index (χ1v) is 11.4. The summed E-state index contributed by atoms with van der Waals surface area (Å²) < 4.78 is 9.03. The van der Waals surface area contributed by atoms with E-state index in [2.05, 4.69) is 24.3 Å². The molecule has 5 rings (SSSR count). The molecule has 0 saturated heterocycles. The summed E-state index contributed by atoms with van der Waals surface area (Å²) in [7, 11) is 7.08. The number of imidazole rings is 1. The highest BCUT2D eigenvalue weighted by atomic mass is 16.5. The van der Waals surface area contributed by atoms with Crippen LogP contribution in [0.15, 0.2) is 89.7 Å². The summed E-state index contributed by atoms with van der Waals surface area (Å²) in [6.45, 7) is 0. The number of aromatic nitrogens is 4. The lowest BCUT2D eigenvalue weighted by Crippen LogP contribution is -2.33. The molecule has 0 saturated carbocycles. The van der Waals surface area contributed by atoms with Crippen molar-refractivity contribution in [1.82, 2.24) is 19.1 Å². The molecule has 0 atom stereocenters. The highest BCUT2D eigenvalue weighted by Gasteiger charge is 2.27. The van der Waals surface area contributed by atoms with Gasteiger partial charge < -0.3 is 14.2 Å². The van der Waals surface area contributed by atoms with Crippen molar-refractivity contribution in [2.75, 3.05) is 19.1 Å². The average molecular weight is 466 g/mol. The van der Waals surface area contributed by atoms with Gasteiger partial charge in [-0.2, -0.15) is 0 Å². The molecule has 35 heavy (non-hydrogen) atoms. The maximum atomic E-state index is 13.5. The third-order valence-electron chi connectivity index (χ3n) is 6.36. The molecule has 0 spiro atoms. The zero-order chi connectivity index (χ0) is 24.5. The van der Waals surface area contributed by atoms with E-state index in [1.807, 2.05) is 84.2 Å². The van der Waals surface area contributed by atoms with Gasteiger partial charge in [0.05, 0.1) is 24.2 Å². The Morgan fingerprint density at radius 3 is 1.94 bits per heavy atom. The van der Waals surface area contributed by atoms with Gasteiger partial charge >= 0.3 is 0 Å². The third-order valence-corrected chi connectivity index (χ3v) is 6.36. The van der Waals surface area contributed by atoms with Crippen LogP contribution in [0.1, 0.15) is 17.2 Å². The van der Waals surface area contributed by atoms with Gasteiger partial charge in [0.15, 0.2) is 11.5 Å². The molecule has 0 aliphatic heterocycles. The summed E-state index contributed by atoms with van der Waals surface area (Å²) in [5, 5.41) is 0. The largest absolute Gasteiger partial charge is 0.489 e. The number of methoxy groups -OCH3 is 1. The van der Waals surface area contributed by atoms with Crippen LogP contribution in [-0.2, 0) is 14.1 Å². The Bertz CT molecular complexity index is 1500. The van der Waals surface area contributed by atoms with E-state index in [4.69, 9.17) is 14.7 Å². The third kappa shape index (κ3) is 3.85. The Labute approximate surface area is 203 Å². The van der Waals surface area contributed by atoms with Gasteiger partial charge in [0.1, 0.15) is 0 Å². The fraction of sp³-hybridized carbons (Fsp3) is 0.179. The number of aryl methyl sites for hydroxylation is 1. The summed E-state index contributed by atoms with van der Waals surface area (Å²) in [4.78, 5) is 25.3. The van der Waals surface area contributed by atoms with Crippen molar-refractivity contribution >= 4 is 17.0 Å². The fourth-order valence-corrected chi connectivity index (χ4v) is 4.60. The lowest BCUT2D eigenvalue weighted by Gasteiger charge is -2.31.